The average molecular weight is 375 g/mol. The maximum absolute atomic E-state index is 11.7. The van der Waals surface area contributed by atoms with Crippen molar-refractivity contribution < 1.29 is 9.72 Å². The normalized spacial score (nSPS) is 10.9. The van der Waals surface area contributed by atoms with Gasteiger partial charge in [-0.2, -0.15) is 5.10 Å². The number of thiophene rings is 1. The molecule has 1 N–H and O–H groups in total. The van der Waals surface area contributed by atoms with Gasteiger partial charge in [0.25, 0.3) is 5.91 Å². The molecule has 0 saturated carbocycles. The summed E-state index contributed by atoms with van der Waals surface area (Å²) in [6.07, 6.45) is 3.85. The van der Waals surface area contributed by atoms with Crippen molar-refractivity contribution in [1.29, 1.82) is 0 Å². The number of aromatic nitrogens is 1. The number of amides is 1. The summed E-state index contributed by atoms with van der Waals surface area (Å²) in [5.41, 5.74) is 1.74. The van der Waals surface area contributed by atoms with E-state index in [-0.39, 0.29) is 21.6 Å². The number of rotatable bonds is 5. The molecular formula is C12H8Cl2N4O4S. The van der Waals surface area contributed by atoms with E-state index < -0.39 is 16.3 Å². The summed E-state index contributed by atoms with van der Waals surface area (Å²) in [6, 6.07) is 2.86. The third-order valence-corrected chi connectivity index (χ3v) is 4.00. The third kappa shape index (κ3) is 4.62. The molecule has 0 aliphatic heterocycles. The molecular weight excluding hydrogens is 367 g/mol. The molecule has 2 heterocycles. The molecule has 0 spiro atoms. The van der Waals surface area contributed by atoms with Crippen LogP contribution in [0.25, 0.3) is 0 Å². The van der Waals surface area contributed by atoms with Crippen LogP contribution in [0.5, 0.6) is 0 Å². The molecule has 0 fully saturated rings. The first-order valence-electron chi connectivity index (χ1n) is 5.98. The molecule has 2 aromatic heterocycles. The van der Waals surface area contributed by atoms with Crippen molar-refractivity contribution in [3.05, 3.63) is 59.8 Å². The second-order valence-electron chi connectivity index (χ2n) is 4.18. The zero-order chi connectivity index (χ0) is 17.0. The van der Waals surface area contributed by atoms with Crippen molar-refractivity contribution in [1.82, 2.24) is 9.99 Å². The Morgan fingerprint density at radius 1 is 1.39 bits per heavy atom. The summed E-state index contributed by atoms with van der Waals surface area (Å²) in [6.45, 7) is -0.151. The molecule has 0 saturated heterocycles. The quantitative estimate of drug-likeness (QED) is 0.491. The zero-order valence-electron chi connectivity index (χ0n) is 11.2. The van der Waals surface area contributed by atoms with Gasteiger partial charge < -0.3 is 4.57 Å². The molecule has 2 rings (SSSR count). The maximum atomic E-state index is 11.7. The highest BCUT2D eigenvalue weighted by Crippen LogP contribution is 2.22. The van der Waals surface area contributed by atoms with Crippen molar-refractivity contribution in [3.63, 3.8) is 0 Å². The van der Waals surface area contributed by atoms with Crippen LogP contribution < -0.4 is 10.9 Å². The standard InChI is InChI=1S/C12H8Cl2N4O4S/c13-8-4-17(5-9(14)12(8)20)6-10(19)16-15-3-7-1-2-11(23-7)18(21)22/h1-5H,6H2,(H,16,19)/b15-3-. The lowest BCUT2D eigenvalue weighted by molar-refractivity contribution is -0.380. The largest absolute Gasteiger partial charge is 0.342 e. The van der Waals surface area contributed by atoms with Gasteiger partial charge in [0.15, 0.2) is 0 Å². The molecule has 0 unspecified atom stereocenters. The Hall–Kier alpha value is -2.23. The molecule has 11 heteroatoms. The minimum atomic E-state index is -0.512. The van der Waals surface area contributed by atoms with Gasteiger partial charge in [-0.25, -0.2) is 5.43 Å². The average Bonchev–Trinajstić information content (AvgIpc) is 2.93. The predicted octanol–water partition coefficient (Wildman–Crippen LogP) is 2.28. The van der Waals surface area contributed by atoms with Crippen molar-refractivity contribution in [3.8, 4) is 0 Å². The third-order valence-electron chi connectivity index (χ3n) is 2.49. The number of hydrazone groups is 1. The van der Waals surface area contributed by atoms with Gasteiger partial charge in [0.05, 0.1) is 16.0 Å². The van der Waals surface area contributed by atoms with Gasteiger partial charge in [-0.05, 0) is 6.07 Å². The lowest BCUT2D eigenvalue weighted by Gasteiger charge is -2.06. The molecule has 0 atom stereocenters. The van der Waals surface area contributed by atoms with Crippen LogP contribution >= 0.6 is 34.5 Å². The van der Waals surface area contributed by atoms with Crippen LogP contribution in [0.2, 0.25) is 10.0 Å². The molecule has 0 aliphatic carbocycles. The number of nitro groups is 1. The van der Waals surface area contributed by atoms with Gasteiger partial charge in [-0.1, -0.05) is 34.5 Å². The summed E-state index contributed by atoms with van der Waals surface area (Å²) in [7, 11) is 0. The van der Waals surface area contributed by atoms with E-state index in [1.54, 1.807) is 0 Å². The summed E-state index contributed by atoms with van der Waals surface area (Å²) in [5, 5.41) is 14.0. The Morgan fingerprint density at radius 3 is 2.61 bits per heavy atom. The van der Waals surface area contributed by atoms with Crippen LogP contribution in [0, 0.1) is 10.1 Å². The van der Waals surface area contributed by atoms with Gasteiger partial charge in [0.1, 0.15) is 16.6 Å². The van der Waals surface area contributed by atoms with Crippen LogP contribution in [0.3, 0.4) is 0 Å². The summed E-state index contributed by atoms with van der Waals surface area (Å²) in [5.74, 6) is -0.483. The van der Waals surface area contributed by atoms with Crippen molar-refractivity contribution in [2.24, 2.45) is 5.10 Å². The fraction of sp³-hybridized carbons (Fsp3) is 0.0833. The number of nitrogens with zero attached hydrogens (tertiary/aromatic N) is 3. The fourth-order valence-electron chi connectivity index (χ4n) is 1.53. The van der Waals surface area contributed by atoms with E-state index in [2.05, 4.69) is 10.5 Å². The number of halogens is 2. The Labute approximate surface area is 143 Å². The zero-order valence-corrected chi connectivity index (χ0v) is 13.6. The SMILES string of the molecule is O=C(Cn1cc(Cl)c(=O)c(Cl)c1)N/N=C\c1ccc([N+](=O)[O-])s1. The van der Waals surface area contributed by atoms with Gasteiger partial charge in [-0.3, -0.25) is 19.7 Å². The van der Waals surface area contributed by atoms with Gasteiger partial charge in [0.2, 0.25) is 5.43 Å². The van der Waals surface area contributed by atoms with E-state index in [9.17, 15) is 19.7 Å². The molecule has 0 radical (unpaired) electrons. The Kier molecular flexibility index (Phi) is 5.48. The summed E-state index contributed by atoms with van der Waals surface area (Å²) in [4.78, 5) is 33.6. The fourth-order valence-corrected chi connectivity index (χ4v) is 2.73. The number of nitrogens with one attached hydrogen (secondary N) is 1. The molecule has 2 aromatic rings. The van der Waals surface area contributed by atoms with E-state index in [1.807, 2.05) is 0 Å². The minimum absolute atomic E-state index is 0.0182. The first kappa shape index (κ1) is 17.1. The van der Waals surface area contributed by atoms with Crippen molar-refractivity contribution in [2.45, 2.75) is 6.54 Å². The first-order valence-corrected chi connectivity index (χ1v) is 7.55. The highest BCUT2D eigenvalue weighted by atomic mass is 35.5. The van der Waals surface area contributed by atoms with Crippen LogP contribution in [0.4, 0.5) is 5.00 Å². The van der Waals surface area contributed by atoms with E-state index in [0.717, 1.165) is 11.3 Å². The highest BCUT2D eigenvalue weighted by molar-refractivity contribution is 7.16. The molecule has 8 nitrogen and oxygen atoms in total. The number of pyridine rings is 1. The monoisotopic (exact) mass is 374 g/mol. The molecule has 1 amide bonds. The summed E-state index contributed by atoms with van der Waals surface area (Å²) < 4.78 is 1.34. The number of carbonyl (C=O) groups is 1. The first-order chi connectivity index (χ1) is 10.9. The van der Waals surface area contributed by atoms with Gasteiger partial charge in [-0.15, -0.1) is 0 Å². The second kappa shape index (κ2) is 7.36. The molecule has 0 aromatic carbocycles. The summed E-state index contributed by atoms with van der Waals surface area (Å²) >= 11 is 12.3. The lowest BCUT2D eigenvalue weighted by Crippen LogP contribution is -2.24. The minimum Gasteiger partial charge on any atom is -0.342 e. The Balaban J connectivity index is 1.95. The van der Waals surface area contributed by atoms with Crippen LogP contribution in [0.15, 0.2) is 34.4 Å². The van der Waals surface area contributed by atoms with E-state index in [1.165, 1.54) is 35.3 Å². The van der Waals surface area contributed by atoms with E-state index >= 15 is 0 Å². The van der Waals surface area contributed by atoms with Crippen molar-refractivity contribution >= 4 is 51.7 Å². The number of hydrogen-bond acceptors (Lipinski definition) is 6. The van der Waals surface area contributed by atoms with Gasteiger partial charge in [0, 0.05) is 18.5 Å². The molecule has 120 valence electrons. The Morgan fingerprint density at radius 2 is 2.04 bits per heavy atom. The van der Waals surface area contributed by atoms with E-state index in [0.29, 0.717) is 4.88 Å². The lowest BCUT2D eigenvalue weighted by atomic mass is 10.4. The smallest absolute Gasteiger partial charge is 0.324 e. The van der Waals surface area contributed by atoms with Gasteiger partial charge >= 0.3 is 5.00 Å². The van der Waals surface area contributed by atoms with E-state index in [4.69, 9.17) is 23.2 Å². The molecule has 0 aliphatic rings. The van der Waals surface area contributed by atoms with Crippen LogP contribution in [0.1, 0.15) is 4.88 Å². The molecule has 23 heavy (non-hydrogen) atoms. The number of hydrogen-bond donors (Lipinski definition) is 1. The van der Waals surface area contributed by atoms with Crippen LogP contribution in [-0.2, 0) is 11.3 Å². The predicted molar refractivity (Wildman–Crippen MR) is 87.4 cm³/mol. The highest BCUT2D eigenvalue weighted by Gasteiger charge is 2.09. The topological polar surface area (TPSA) is 107 Å². The second-order valence-corrected chi connectivity index (χ2v) is 6.09. The molecule has 0 bridgehead atoms. The Bertz CT molecular complexity index is 820. The number of carbonyl (C=O) groups excluding carboxylic acids is 1. The maximum Gasteiger partial charge on any atom is 0.324 e. The van der Waals surface area contributed by atoms with Crippen LogP contribution in [-0.4, -0.2) is 21.6 Å². The van der Waals surface area contributed by atoms with Crippen molar-refractivity contribution in [2.75, 3.05) is 0 Å².